The lowest BCUT2D eigenvalue weighted by Gasteiger charge is -2.29. The smallest absolute Gasteiger partial charge is 0.296 e. The van der Waals surface area contributed by atoms with Crippen molar-refractivity contribution in [3.8, 4) is 0 Å². The van der Waals surface area contributed by atoms with Crippen LogP contribution in [0.1, 0.15) is 6.92 Å². The highest BCUT2D eigenvalue weighted by Crippen LogP contribution is 2.25. The highest BCUT2D eigenvalue weighted by molar-refractivity contribution is 5.52. The second-order valence-corrected chi connectivity index (χ2v) is 3.85. The van der Waals surface area contributed by atoms with E-state index in [1.807, 2.05) is 0 Å². The fourth-order valence-electron chi connectivity index (χ4n) is 1.55. The van der Waals surface area contributed by atoms with Gasteiger partial charge in [0.2, 0.25) is 0 Å². The maximum absolute atomic E-state index is 13.8. The number of hydrogen-bond donors (Lipinski definition) is 2. The van der Waals surface area contributed by atoms with Crippen molar-refractivity contribution in [2.45, 2.75) is 12.9 Å². The Kier molecular flexibility index (Phi) is 4.76. The van der Waals surface area contributed by atoms with E-state index in [0.29, 0.717) is 0 Å². The molecule has 0 bridgehead atoms. The average molecular weight is 274 g/mol. The van der Waals surface area contributed by atoms with Gasteiger partial charge in [-0.05, 0) is 13.0 Å². The molecule has 1 rings (SSSR count). The molecule has 1 aromatic carbocycles. The maximum Gasteiger partial charge on any atom is 0.296 e. The number of rotatable bonds is 6. The van der Waals surface area contributed by atoms with E-state index >= 15 is 0 Å². The number of ether oxygens (including phenoxy) is 1. The number of aliphatic hydroxyl groups is 2. The molecule has 0 aliphatic carbocycles. The Bertz CT molecular complexity index is 466. The molecule has 2 N–H and O–H groups in total. The summed E-state index contributed by atoms with van der Waals surface area (Å²) in [6.07, 6.45) is 0. The van der Waals surface area contributed by atoms with Crippen LogP contribution >= 0.6 is 0 Å². The van der Waals surface area contributed by atoms with Crippen LogP contribution in [0.15, 0.2) is 18.2 Å². The van der Waals surface area contributed by atoms with E-state index in [1.165, 1.54) is 11.0 Å². The first-order chi connectivity index (χ1) is 8.80. The van der Waals surface area contributed by atoms with Crippen molar-refractivity contribution in [3.05, 3.63) is 34.1 Å². The highest BCUT2D eigenvalue weighted by Gasteiger charge is 2.27. The molecule has 8 heteroatoms. The van der Waals surface area contributed by atoms with Crippen molar-refractivity contribution >= 4 is 11.4 Å². The standard InChI is InChI=1S/C11H15FN2O5/c1-3-13(7-11(15,16)19-2)10-5-4-8(14(17)18)6-9(10)12/h4-6,15-16H,3,7H2,1-2H3. The molecule has 0 spiro atoms. The Morgan fingerprint density at radius 3 is 2.58 bits per heavy atom. The van der Waals surface area contributed by atoms with Crippen LogP contribution in [0.2, 0.25) is 0 Å². The second kappa shape index (κ2) is 5.91. The van der Waals surface area contributed by atoms with Gasteiger partial charge in [-0.15, -0.1) is 0 Å². The lowest BCUT2D eigenvalue weighted by molar-refractivity contribution is -0.385. The summed E-state index contributed by atoms with van der Waals surface area (Å²) in [5.74, 6) is -3.24. The number of nitrogens with zero attached hydrogens (tertiary/aromatic N) is 2. The molecule has 0 fully saturated rings. The Hall–Kier alpha value is -1.77. The number of methoxy groups -OCH3 is 1. The van der Waals surface area contributed by atoms with E-state index in [2.05, 4.69) is 4.74 Å². The van der Waals surface area contributed by atoms with E-state index in [-0.39, 0.29) is 17.9 Å². The molecule has 0 amide bonds. The predicted molar refractivity (Wildman–Crippen MR) is 65.1 cm³/mol. The van der Waals surface area contributed by atoms with Gasteiger partial charge < -0.3 is 19.8 Å². The number of halogens is 1. The van der Waals surface area contributed by atoms with Crippen LogP contribution in [0.25, 0.3) is 0 Å². The van der Waals surface area contributed by atoms with Gasteiger partial charge in [0.25, 0.3) is 11.7 Å². The quantitative estimate of drug-likeness (QED) is 0.453. The SMILES string of the molecule is CCN(CC(O)(O)OC)c1ccc([N+](=O)[O-])cc1F. The molecule has 0 heterocycles. The van der Waals surface area contributed by atoms with E-state index in [9.17, 15) is 24.7 Å². The van der Waals surface area contributed by atoms with Gasteiger partial charge >= 0.3 is 0 Å². The van der Waals surface area contributed by atoms with Crippen LogP contribution in [-0.4, -0.2) is 41.3 Å². The number of nitro groups is 1. The molecule has 1 aromatic rings. The molecule has 19 heavy (non-hydrogen) atoms. The minimum absolute atomic E-state index is 0.0256. The molecular formula is C11H15FN2O5. The zero-order chi connectivity index (χ0) is 14.6. The van der Waals surface area contributed by atoms with Gasteiger partial charge in [-0.1, -0.05) is 0 Å². The molecule has 0 saturated heterocycles. The third-order valence-corrected chi connectivity index (χ3v) is 2.59. The molecule has 0 unspecified atom stereocenters. The fraction of sp³-hybridized carbons (Fsp3) is 0.455. The fourth-order valence-corrected chi connectivity index (χ4v) is 1.55. The molecular weight excluding hydrogens is 259 g/mol. The monoisotopic (exact) mass is 274 g/mol. The Morgan fingerprint density at radius 1 is 1.53 bits per heavy atom. The first-order valence-corrected chi connectivity index (χ1v) is 5.49. The zero-order valence-electron chi connectivity index (χ0n) is 10.5. The van der Waals surface area contributed by atoms with E-state index in [0.717, 1.165) is 19.2 Å². The van der Waals surface area contributed by atoms with E-state index < -0.39 is 23.3 Å². The van der Waals surface area contributed by atoms with Gasteiger partial charge in [-0.2, -0.15) is 0 Å². The van der Waals surface area contributed by atoms with Gasteiger partial charge in [0.15, 0.2) is 5.82 Å². The maximum atomic E-state index is 13.8. The number of non-ortho nitro benzene ring substituents is 1. The minimum atomic E-state index is -2.43. The summed E-state index contributed by atoms with van der Waals surface area (Å²) in [4.78, 5) is 11.1. The molecule has 0 radical (unpaired) electrons. The largest absolute Gasteiger partial charge is 0.361 e. The van der Waals surface area contributed by atoms with E-state index in [1.54, 1.807) is 6.92 Å². The normalized spacial score (nSPS) is 11.4. The van der Waals surface area contributed by atoms with E-state index in [4.69, 9.17) is 0 Å². The van der Waals surface area contributed by atoms with Crippen molar-refractivity contribution in [1.29, 1.82) is 0 Å². The lowest BCUT2D eigenvalue weighted by Crippen LogP contribution is -2.44. The van der Waals surface area contributed by atoms with Crippen LogP contribution in [-0.2, 0) is 4.74 Å². The number of hydrogen-bond acceptors (Lipinski definition) is 6. The highest BCUT2D eigenvalue weighted by atomic mass is 19.1. The first kappa shape index (κ1) is 15.3. The van der Waals surface area contributed by atoms with Crippen LogP contribution in [0.4, 0.5) is 15.8 Å². The zero-order valence-corrected chi connectivity index (χ0v) is 10.5. The third-order valence-electron chi connectivity index (χ3n) is 2.59. The molecule has 0 aliphatic heterocycles. The Labute approximate surface area is 109 Å². The second-order valence-electron chi connectivity index (χ2n) is 3.85. The summed E-state index contributed by atoms with van der Waals surface area (Å²) in [7, 11) is 1.10. The summed E-state index contributed by atoms with van der Waals surface area (Å²) < 4.78 is 18.2. The predicted octanol–water partition coefficient (Wildman–Crippen LogP) is 0.845. The molecule has 7 nitrogen and oxygen atoms in total. The summed E-state index contributed by atoms with van der Waals surface area (Å²) in [6.45, 7) is 1.54. The van der Waals surface area contributed by atoms with Gasteiger partial charge in [-0.3, -0.25) is 10.1 Å². The Balaban J connectivity index is 3.02. The third kappa shape index (κ3) is 3.85. The summed E-state index contributed by atoms with van der Waals surface area (Å²) in [5.41, 5.74) is -0.346. The summed E-state index contributed by atoms with van der Waals surface area (Å²) in [6, 6.07) is 3.13. The number of anilines is 1. The summed E-state index contributed by atoms with van der Waals surface area (Å²) >= 11 is 0. The van der Waals surface area contributed by atoms with Crippen LogP contribution < -0.4 is 4.90 Å². The lowest BCUT2D eigenvalue weighted by atomic mass is 10.2. The van der Waals surface area contributed by atoms with Gasteiger partial charge in [0.05, 0.1) is 23.2 Å². The van der Waals surface area contributed by atoms with Crippen molar-refractivity contribution in [1.82, 2.24) is 0 Å². The topological polar surface area (TPSA) is 96.1 Å². The van der Waals surface area contributed by atoms with Crippen LogP contribution in [0.5, 0.6) is 0 Å². The van der Waals surface area contributed by atoms with Crippen molar-refractivity contribution in [2.75, 3.05) is 25.1 Å². The van der Waals surface area contributed by atoms with Gasteiger partial charge in [-0.25, -0.2) is 4.39 Å². The van der Waals surface area contributed by atoms with Gasteiger partial charge in [0, 0.05) is 19.7 Å². The van der Waals surface area contributed by atoms with Crippen LogP contribution in [0.3, 0.4) is 0 Å². The minimum Gasteiger partial charge on any atom is -0.361 e. The van der Waals surface area contributed by atoms with Crippen molar-refractivity contribution < 1.29 is 24.3 Å². The summed E-state index contributed by atoms with van der Waals surface area (Å²) in [5, 5.41) is 29.3. The average Bonchev–Trinajstić information content (AvgIpc) is 2.36. The van der Waals surface area contributed by atoms with Crippen molar-refractivity contribution in [2.24, 2.45) is 0 Å². The Morgan fingerprint density at radius 2 is 2.16 bits per heavy atom. The van der Waals surface area contributed by atoms with Crippen molar-refractivity contribution in [3.63, 3.8) is 0 Å². The molecule has 0 saturated carbocycles. The van der Waals surface area contributed by atoms with Gasteiger partial charge in [0.1, 0.15) is 0 Å². The molecule has 0 aromatic heterocycles. The first-order valence-electron chi connectivity index (χ1n) is 5.49. The number of nitro benzene ring substituents is 1. The molecule has 106 valence electrons. The molecule has 0 atom stereocenters. The number of likely N-dealkylation sites (N-methyl/N-ethyl adjacent to an activating group) is 1. The number of benzene rings is 1. The molecule has 0 aliphatic rings. The van der Waals surface area contributed by atoms with Crippen LogP contribution in [0, 0.1) is 15.9 Å².